The van der Waals surface area contributed by atoms with Gasteiger partial charge in [-0.15, -0.1) is 4.40 Å². The van der Waals surface area contributed by atoms with Gasteiger partial charge in [0.25, 0.3) is 15.9 Å². The highest BCUT2D eigenvalue weighted by molar-refractivity contribution is 7.90. The van der Waals surface area contributed by atoms with Crippen LogP contribution in [0.2, 0.25) is 0 Å². The highest BCUT2D eigenvalue weighted by Gasteiger charge is 2.30. The summed E-state index contributed by atoms with van der Waals surface area (Å²) in [4.78, 5) is 14.2. The van der Waals surface area contributed by atoms with Crippen LogP contribution in [0.4, 0.5) is 0 Å². The number of allylic oxidation sites excluding steroid dienone is 2. The first-order chi connectivity index (χ1) is 11.4. The van der Waals surface area contributed by atoms with Crippen LogP contribution in [0.3, 0.4) is 0 Å². The molecule has 3 rings (SSSR count). The van der Waals surface area contributed by atoms with Crippen molar-refractivity contribution in [3.8, 4) is 0 Å². The van der Waals surface area contributed by atoms with Crippen LogP contribution in [0, 0.1) is 0 Å². The first-order valence-corrected chi connectivity index (χ1v) is 9.37. The molecule has 128 valence electrons. The molecule has 2 aliphatic rings. The van der Waals surface area contributed by atoms with Gasteiger partial charge in [-0.25, -0.2) is 8.42 Å². The van der Waals surface area contributed by atoms with Gasteiger partial charge >= 0.3 is 0 Å². The Morgan fingerprint density at radius 1 is 1.50 bits per heavy atom. The number of furan rings is 1. The maximum Gasteiger partial charge on any atom is 0.256 e. The van der Waals surface area contributed by atoms with Crippen molar-refractivity contribution in [1.82, 2.24) is 10.2 Å². The summed E-state index contributed by atoms with van der Waals surface area (Å²) >= 11 is 0. The second-order valence-electron chi connectivity index (χ2n) is 5.81. The first-order valence-electron chi connectivity index (χ1n) is 7.76. The van der Waals surface area contributed by atoms with Crippen molar-refractivity contribution in [3.63, 3.8) is 0 Å². The van der Waals surface area contributed by atoms with Crippen molar-refractivity contribution in [2.45, 2.75) is 25.8 Å². The fraction of sp³-hybridized carbons (Fsp3) is 0.375. The molecule has 1 unspecified atom stereocenters. The number of sulfonamides is 1. The summed E-state index contributed by atoms with van der Waals surface area (Å²) in [7, 11) is -3.51. The molecule has 0 aliphatic carbocycles. The van der Waals surface area contributed by atoms with Gasteiger partial charge in [0.2, 0.25) is 0 Å². The summed E-state index contributed by atoms with van der Waals surface area (Å²) in [5, 5.41) is 2.89. The Labute approximate surface area is 140 Å². The smallest absolute Gasteiger partial charge is 0.256 e. The maximum absolute atomic E-state index is 12.5. The van der Waals surface area contributed by atoms with Crippen LogP contribution < -0.4 is 5.32 Å². The fourth-order valence-electron chi connectivity index (χ4n) is 2.58. The molecule has 24 heavy (non-hydrogen) atoms. The van der Waals surface area contributed by atoms with Crippen LogP contribution in [0.15, 0.2) is 51.1 Å². The number of nitrogens with one attached hydrogen (secondary N) is 1. The molecule has 1 atom stereocenters. The number of carbonyl (C=O) groups excluding carboxylic acids is 1. The molecule has 0 spiro atoms. The van der Waals surface area contributed by atoms with Gasteiger partial charge in [-0.3, -0.25) is 4.79 Å². The molecule has 0 radical (unpaired) electrons. The zero-order chi connectivity index (χ0) is 17.2. The minimum atomic E-state index is -3.51. The number of hydrogen-bond acceptors (Lipinski definition) is 5. The third-order valence-corrected chi connectivity index (χ3v) is 5.03. The van der Waals surface area contributed by atoms with E-state index < -0.39 is 10.0 Å². The third-order valence-electron chi connectivity index (χ3n) is 3.88. The largest absolute Gasteiger partial charge is 0.469 e. The van der Waals surface area contributed by atoms with Gasteiger partial charge in [-0.1, -0.05) is 0 Å². The Kier molecular flexibility index (Phi) is 4.57. The SMILES string of the molecule is CC(CCc1ccco1)NC(=O)C1=CC=CN2CCS(=O)(=O)N=C12. The van der Waals surface area contributed by atoms with Crippen molar-refractivity contribution >= 4 is 21.8 Å². The van der Waals surface area contributed by atoms with E-state index in [9.17, 15) is 13.2 Å². The van der Waals surface area contributed by atoms with E-state index in [0.717, 1.165) is 18.6 Å². The Bertz CT molecular complexity index is 806. The average molecular weight is 349 g/mol. The molecule has 0 bridgehead atoms. The molecule has 1 N–H and O–H groups in total. The predicted octanol–water partition coefficient (Wildman–Crippen LogP) is 1.21. The molecule has 1 aromatic rings. The van der Waals surface area contributed by atoms with Crippen molar-refractivity contribution in [3.05, 3.63) is 48.1 Å². The van der Waals surface area contributed by atoms with Gasteiger partial charge in [0.1, 0.15) is 5.76 Å². The molecule has 7 nitrogen and oxygen atoms in total. The molecular formula is C16H19N3O4S. The number of fused-ring (bicyclic) bond motifs is 1. The summed E-state index contributed by atoms with van der Waals surface area (Å²) < 4.78 is 32.5. The number of aryl methyl sites for hydroxylation is 1. The highest BCUT2D eigenvalue weighted by atomic mass is 32.2. The van der Waals surface area contributed by atoms with E-state index in [1.165, 1.54) is 0 Å². The van der Waals surface area contributed by atoms with Crippen LogP contribution in [-0.4, -0.2) is 43.4 Å². The molecule has 0 aromatic carbocycles. The molecule has 1 aromatic heterocycles. The Hall–Kier alpha value is -2.35. The maximum atomic E-state index is 12.5. The quantitative estimate of drug-likeness (QED) is 0.863. The van der Waals surface area contributed by atoms with Crippen LogP contribution >= 0.6 is 0 Å². The van der Waals surface area contributed by atoms with Gasteiger partial charge in [0.15, 0.2) is 5.84 Å². The van der Waals surface area contributed by atoms with E-state index in [1.807, 2.05) is 19.1 Å². The van der Waals surface area contributed by atoms with E-state index >= 15 is 0 Å². The van der Waals surface area contributed by atoms with Gasteiger partial charge < -0.3 is 14.6 Å². The van der Waals surface area contributed by atoms with E-state index in [2.05, 4.69) is 9.71 Å². The molecule has 8 heteroatoms. The second-order valence-corrected chi connectivity index (χ2v) is 7.56. The van der Waals surface area contributed by atoms with Crippen LogP contribution in [0.1, 0.15) is 19.1 Å². The third kappa shape index (κ3) is 3.76. The summed E-state index contributed by atoms with van der Waals surface area (Å²) in [6.45, 7) is 2.20. The molecule has 1 amide bonds. The number of amidine groups is 1. The Morgan fingerprint density at radius 2 is 2.33 bits per heavy atom. The zero-order valence-electron chi connectivity index (χ0n) is 13.3. The van der Waals surface area contributed by atoms with E-state index in [4.69, 9.17) is 4.42 Å². The number of rotatable bonds is 5. The molecule has 0 fully saturated rings. The Morgan fingerprint density at radius 3 is 3.08 bits per heavy atom. The zero-order valence-corrected chi connectivity index (χ0v) is 14.1. The van der Waals surface area contributed by atoms with Gasteiger partial charge in [0, 0.05) is 25.2 Å². The number of hydrogen-bond donors (Lipinski definition) is 1. The monoisotopic (exact) mass is 349 g/mol. The van der Waals surface area contributed by atoms with Crippen LogP contribution in [0.5, 0.6) is 0 Å². The van der Waals surface area contributed by atoms with Gasteiger partial charge in [0.05, 0.1) is 17.6 Å². The topological polar surface area (TPSA) is 92.0 Å². The normalized spacial score (nSPS) is 20.0. The molecule has 2 aliphatic heterocycles. The summed E-state index contributed by atoms with van der Waals surface area (Å²) in [5.74, 6) is 0.687. The van der Waals surface area contributed by atoms with Gasteiger partial charge in [-0.2, -0.15) is 0 Å². The lowest BCUT2D eigenvalue weighted by atomic mass is 10.1. The minimum Gasteiger partial charge on any atom is -0.469 e. The van der Waals surface area contributed by atoms with Crippen molar-refractivity contribution in [1.29, 1.82) is 0 Å². The van der Waals surface area contributed by atoms with Crippen molar-refractivity contribution in [2.75, 3.05) is 12.3 Å². The number of amides is 1. The number of carbonyl (C=O) groups is 1. The minimum absolute atomic E-state index is 0.0463. The summed E-state index contributed by atoms with van der Waals surface area (Å²) in [5.41, 5.74) is 0.269. The lowest BCUT2D eigenvalue weighted by Crippen LogP contribution is -2.44. The predicted molar refractivity (Wildman–Crippen MR) is 89.8 cm³/mol. The lowest BCUT2D eigenvalue weighted by Gasteiger charge is -2.29. The highest BCUT2D eigenvalue weighted by Crippen LogP contribution is 2.18. The van der Waals surface area contributed by atoms with E-state index in [0.29, 0.717) is 6.54 Å². The molecule has 3 heterocycles. The lowest BCUT2D eigenvalue weighted by molar-refractivity contribution is -0.117. The van der Waals surface area contributed by atoms with Crippen molar-refractivity contribution < 1.29 is 17.6 Å². The molecule has 0 saturated carbocycles. The molecular weight excluding hydrogens is 330 g/mol. The number of nitrogens with zero attached hydrogens (tertiary/aromatic N) is 2. The second kappa shape index (κ2) is 6.64. The van der Waals surface area contributed by atoms with Crippen LogP contribution in [0.25, 0.3) is 0 Å². The van der Waals surface area contributed by atoms with Gasteiger partial charge in [-0.05, 0) is 37.6 Å². The Balaban J connectivity index is 1.66. The molecule has 0 saturated heterocycles. The average Bonchev–Trinajstić information content (AvgIpc) is 3.05. The van der Waals surface area contributed by atoms with E-state index in [-0.39, 0.29) is 29.1 Å². The fourth-order valence-corrected chi connectivity index (χ4v) is 3.57. The van der Waals surface area contributed by atoms with E-state index in [1.54, 1.807) is 29.5 Å². The summed E-state index contributed by atoms with van der Waals surface area (Å²) in [6, 6.07) is 3.64. The first kappa shape index (κ1) is 16.5. The van der Waals surface area contributed by atoms with Crippen molar-refractivity contribution in [2.24, 2.45) is 4.40 Å². The summed E-state index contributed by atoms with van der Waals surface area (Å²) in [6.07, 6.45) is 8.09. The standard InChI is InChI=1S/C16H19N3O4S/c1-12(6-7-13-4-3-10-23-13)17-16(20)14-5-2-8-19-9-11-24(21,22)18-15(14)19/h2-5,8,10,12H,6-7,9,11H2,1H3,(H,17,20). The van der Waals surface area contributed by atoms with Crippen LogP contribution in [-0.2, 0) is 21.2 Å².